The molecule has 2 N–H and O–H groups in total. The normalized spacial score (nSPS) is 18.5. The molecular weight excluding hydrogens is 308 g/mol. The molecule has 1 aliphatic heterocycles. The Morgan fingerprint density at radius 1 is 1.58 bits per heavy atom. The molecule has 0 aliphatic carbocycles. The lowest BCUT2D eigenvalue weighted by Gasteiger charge is -2.24. The quantitative estimate of drug-likeness (QED) is 0.865. The van der Waals surface area contributed by atoms with Crippen molar-refractivity contribution in [1.29, 1.82) is 0 Å². The minimum atomic E-state index is -0.0307. The third-order valence-corrected chi connectivity index (χ3v) is 3.86. The number of amides is 1. The molecule has 1 aliphatic rings. The summed E-state index contributed by atoms with van der Waals surface area (Å²) >= 11 is 3.37. The van der Waals surface area contributed by atoms with Gasteiger partial charge in [0.2, 0.25) is 0 Å². The van der Waals surface area contributed by atoms with Crippen LogP contribution in [0.5, 0.6) is 0 Å². The van der Waals surface area contributed by atoms with Gasteiger partial charge in [0, 0.05) is 29.9 Å². The van der Waals surface area contributed by atoms with Gasteiger partial charge in [-0.1, -0.05) is 15.9 Å². The molecule has 1 amide bonds. The van der Waals surface area contributed by atoms with Crippen molar-refractivity contribution in [3.63, 3.8) is 0 Å². The van der Waals surface area contributed by atoms with Crippen molar-refractivity contribution in [2.75, 3.05) is 25.4 Å². The van der Waals surface area contributed by atoms with Crippen molar-refractivity contribution < 1.29 is 9.53 Å². The van der Waals surface area contributed by atoms with Gasteiger partial charge in [0.25, 0.3) is 5.91 Å². The van der Waals surface area contributed by atoms with Crippen molar-refractivity contribution in [3.05, 3.63) is 28.2 Å². The SMILES string of the molecule is CCN(CC1CCCO1)C(=O)c1cc(Br)ccc1N. The Hall–Kier alpha value is -1.07. The number of benzene rings is 1. The van der Waals surface area contributed by atoms with Crippen molar-refractivity contribution in [3.8, 4) is 0 Å². The maximum Gasteiger partial charge on any atom is 0.256 e. The Labute approximate surface area is 122 Å². The lowest BCUT2D eigenvalue weighted by molar-refractivity contribution is 0.0540. The van der Waals surface area contributed by atoms with Gasteiger partial charge in [-0.25, -0.2) is 0 Å². The van der Waals surface area contributed by atoms with Crippen LogP contribution < -0.4 is 5.73 Å². The van der Waals surface area contributed by atoms with Crippen LogP contribution in [0, 0.1) is 0 Å². The number of halogens is 1. The molecular formula is C14H19BrN2O2. The highest BCUT2D eigenvalue weighted by atomic mass is 79.9. The van der Waals surface area contributed by atoms with Crippen molar-refractivity contribution in [2.24, 2.45) is 0 Å². The van der Waals surface area contributed by atoms with Gasteiger partial charge in [-0.15, -0.1) is 0 Å². The molecule has 5 heteroatoms. The molecule has 1 aromatic rings. The first-order chi connectivity index (χ1) is 9.11. The average molecular weight is 327 g/mol. The number of rotatable bonds is 4. The number of carbonyl (C=O) groups is 1. The number of carbonyl (C=O) groups excluding carboxylic acids is 1. The van der Waals surface area contributed by atoms with Gasteiger partial charge in [-0.2, -0.15) is 0 Å². The number of likely N-dealkylation sites (N-methyl/N-ethyl adjacent to an activating group) is 1. The Morgan fingerprint density at radius 3 is 3.00 bits per heavy atom. The lowest BCUT2D eigenvalue weighted by Crippen LogP contribution is -2.37. The van der Waals surface area contributed by atoms with Crippen LogP contribution in [0.4, 0.5) is 5.69 Å². The third-order valence-electron chi connectivity index (χ3n) is 3.36. The zero-order valence-electron chi connectivity index (χ0n) is 11.1. The Kier molecular flexibility index (Phi) is 4.82. The van der Waals surface area contributed by atoms with Crippen molar-refractivity contribution in [1.82, 2.24) is 4.90 Å². The van der Waals surface area contributed by atoms with Crippen molar-refractivity contribution >= 4 is 27.5 Å². The summed E-state index contributed by atoms with van der Waals surface area (Å²) in [4.78, 5) is 14.3. The van der Waals surface area contributed by atoms with Gasteiger partial charge in [-0.3, -0.25) is 4.79 Å². The van der Waals surface area contributed by atoms with Gasteiger partial charge in [-0.05, 0) is 38.0 Å². The zero-order chi connectivity index (χ0) is 13.8. The average Bonchev–Trinajstić information content (AvgIpc) is 2.91. The number of nitrogens with two attached hydrogens (primary N) is 1. The first-order valence-electron chi connectivity index (χ1n) is 6.57. The highest BCUT2D eigenvalue weighted by molar-refractivity contribution is 9.10. The fraction of sp³-hybridized carbons (Fsp3) is 0.500. The second-order valence-corrected chi connectivity index (χ2v) is 5.63. The summed E-state index contributed by atoms with van der Waals surface area (Å²) in [7, 11) is 0. The monoisotopic (exact) mass is 326 g/mol. The van der Waals surface area contributed by atoms with Crippen LogP contribution >= 0.6 is 15.9 Å². The van der Waals surface area contributed by atoms with E-state index < -0.39 is 0 Å². The molecule has 0 radical (unpaired) electrons. The van der Waals surface area contributed by atoms with Crippen molar-refractivity contribution in [2.45, 2.75) is 25.9 Å². The predicted molar refractivity (Wildman–Crippen MR) is 79.1 cm³/mol. The number of hydrogen-bond acceptors (Lipinski definition) is 3. The number of nitrogens with zero attached hydrogens (tertiary/aromatic N) is 1. The summed E-state index contributed by atoms with van der Waals surface area (Å²) in [6.45, 7) is 4.07. The summed E-state index contributed by atoms with van der Waals surface area (Å²) in [5.41, 5.74) is 6.95. The van der Waals surface area contributed by atoms with Crippen LogP contribution in [0.2, 0.25) is 0 Å². The molecule has 2 rings (SSSR count). The van der Waals surface area contributed by atoms with E-state index in [0.717, 1.165) is 23.9 Å². The molecule has 1 atom stereocenters. The maximum absolute atomic E-state index is 12.5. The van der Waals surface area contributed by atoms with E-state index in [2.05, 4.69) is 15.9 Å². The van der Waals surface area contributed by atoms with Gasteiger partial charge in [0.15, 0.2) is 0 Å². The summed E-state index contributed by atoms with van der Waals surface area (Å²) in [6, 6.07) is 5.36. The van der Waals surface area contributed by atoms with Crippen LogP contribution in [0.3, 0.4) is 0 Å². The number of anilines is 1. The van der Waals surface area contributed by atoms with Gasteiger partial charge >= 0.3 is 0 Å². The second-order valence-electron chi connectivity index (χ2n) is 4.71. The smallest absolute Gasteiger partial charge is 0.256 e. The minimum Gasteiger partial charge on any atom is -0.398 e. The fourth-order valence-corrected chi connectivity index (χ4v) is 2.63. The van der Waals surface area contributed by atoms with Crippen LogP contribution in [0.25, 0.3) is 0 Å². The first kappa shape index (κ1) is 14.3. The summed E-state index contributed by atoms with van der Waals surface area (Å²) in [5, 5.41) is 0. The van der Waals surface area contributed by atoms with E-state index in [9.17, 15) is 4.79 Å². The van der Waals surface area contributed by atoms with E-state index in [1.807, 2.05) is 13.0 Å². The third kappa shape index (κ3) is 3.48. The maximum atomic E-state index is 12.5. The highest BCUT2D eigenvalue weighted by Gasteiger charge is 2.23. The molecule has 1 heterocycles. The molecule has 0 bridgehead atoms. The first-order valence-corrected chi connectivity index (χ1v) is 7.37. The molecule has 1 aromatic carbocycles. The van der Waals surface area contributed by atoms with Gasteiger partial charge in [0.1, 0.15) is 0 Å². The molecule has 19 heavy (non-hydrogen) atoms. The fourth-order valence-electron chi connectivity index (χ4n) is 2.27. The molecule has 1 saturated heterocycles. The molecule has 0 saturated carbocycles. The van der Waals surface area contributed by atoms with Crippen LogP contribution in [-0.2, 0) is 4.74 Å². The van der Waals surface area contributed by atoms with Crippen LogP contribution in [0.15, 0.2) is 22.7 Å². The molecule has 0 aromatic heterocycles. The van der Waals surface area contributed by atoms with E-state index in [4.69, 9.17) is 10.5 Å². The van der Waals surface area contributed by atoms with Crippen LogP contribution in [-0.4, -0.2) is 36.6 Å². The molecule has 0 spiro atoms. The van der Waals surface area contributed by atoms with Gasteiger partial charge < -0.3 is 15.4 Å². The molecule has 1 unspecified atom stereocenters. The standard InChI is InChI=1S/C14H19BrN2O2/c1-2-17(9-11-4-3-7-19-11)14(18)12-8-10(15)5-6-13(12)16/h5-6,8,11H,2-4,7,9,16H2,1H3. The second kappa shape index (κ2) is 6.39. The van der Waals surface area contributed by atoms with E-state index in [-0.39, 0.29) is 12.0 Å². The number of nitrogen functional groups attached to an aromatic ring is 1. The topological polar surface area (TPSA) is 55.6 Å². The van der Waals surface area contributed by atoms with E-state index in [1.165, 1.54) is 0 Å². The largest absolute Gasteiger partial charge is 0.398 e. The summed E-state index contributed by atoms with van der Waals surface area (Å²) in [5.74, 6) is -0.0307. The van der Waals surface area contributed by atoms with E-state index >= 15 is 0 Å². The molecule has 104 valence electrons. The summed E-state index contributed by atoms with van der Waals surface area (Å²) in [6.07, 6.45) is 2.27. The van der Waals surface area contributed by atoms with E-state index in [1.54, 1.807) is 17.0 Å². The summed E-state index contributed by atoms with van der Waals surface area (Å²) < 4.78 is 6.45. The van der Waals surface area contributed by atoms with Gasteiger partial charge in [0.05, 0.1) is 11.7 Å². The lowest BCUT2D eigenvalue weighted by atomic mass is 10.1. The van der Waals surface area contributed by atoms with Crippen LogP contribution in [0.1, 0.15) is 30.1 Å². The van der Waals surface area contributed by atoms with E-state index in [0.29, 0.717) is 24.3 Å². The molecule has 4 nitrogen and oxygen atoms in total. The zero-order valence-corrected chi connectivity index (χ0v) is 12.6. The predicted octanol–water partition coefficient (Wildman–Crippen LogP) is 2.67. The number of hydrogen-bond donors (Lipinski definition) is 1. The Balaban J connectivity index is 2.12. The Bertz CT molecular complexity index is 459. The minimum absolute atomic E-state index is 0.0307. The highest BCUT2D eigenvalue weighted by Crippen LogP contribution is 2.21. The molecule has 1 fully saturated rings. The number of ether oxygens (including phenoxy) is 1. The Morgan fingerprint density at radius 2 is 2.37 bits per heavy atom.